The number of nitrogens with one attached hydrogen (secondary N) is 1. The van der Waals surface area contributed by atoms with Crippen molar-refractivity contribution in [2.24, 2.45) is 0 Å². The fraction of sp³-hybridized carbons (Fsp3) is 0.562. The smallest absolute Gasteiger partial charge is 0.225 e. The maximum absolute atomic E-state index is 12.0. The summed E-state index contributed by atoms with van der Waals surface area (Å²) in [6, 6.07) is 5.45. The van der Waals surface area contributed by atoms with E-state index in [1.54, 1.807) is 6.07 Å². The molecule has 0 aliphatic carbocycles. The van der Waals surface area contributed by atoms with Crippen molar-refractivity contribution in [3.05, 3.63) is 23.8 Å². The molecule has 21 heavy (non-hydrogen) atoms. The van der Waals surface area contributed by atoms with E-state index >= 15 is 0 Å². The molecule has 0 heterocycles. The van der Waals surface area contributed by atoms with Gasteiger partial charge in [0.25, 0.3) is 0 Å². The highest BCUT2D eigenvalue weighted by Gasteiger charge is 2.09. The molecule has 1 aromatic rings. The molecule has 0 saturated carbocycles. The van der Waals surface area contributed by atoms with Gasteiger partial charge in [-0.15, -0.1) is 0 Å². The van der Waals surface area contributed by atoms with Crippen molar-refractivity contribution in [3.63, 3.8) is 0 Å². The summed E-state index contributed by atoms with van der Waals surface area (Å²) < 4.78 is 0. The summed E-state index contributed by atoms with van der Waals surface area (Å²) in [5.41, 5.74) is 8.15. The lowest BCUT2D eigenvalue weighted by Gasteiger charge is -2.20. The topological polar surface area (TPSA) is 78.6 Å². The molecule has 1 amide bonds. The third-order valence-electron chi connectivity index (χ3n) is 3.42. The van der Waals surface area contributed by atoms with Crippen LogP contribution in [0.2, 0.25) is 0 Å². The Labute approximate surface area is 127 Å². The van der Waals surface area contributed by atoms with Crippen LogP contribution in [0.5, 0.6) is 0 Å². The zero-order chi connectivity index (χ0) is 15.7. The summed E-state index contributed by atoms with van der Waals surface area (Å²) in [6.07, 6.45) is 2.62. The number of hydrogen-bond donors (Lipinski definition) is 3. The Bertz CT molecular complexity index is 449. The maximum Gasteiger partial charge on any atom is 0.225 e. The predicted molar refractivity (Wildman–Crippen MR) is 87.3 cm³/mol. The van der Waals surface area contributed by atoms with Crippen molar-refractivity contribution in [1.29, 1.82) is 0 Å². The molecule has 5 heteroatoms. The number of aliphatic hydroxyl groups is 1. The van der Waals surface area contributed by atoms with Crippen molar-refractivity contribution in [2.75, 3.05) is 37.3 Å². The highest BCUT2D eigenvalue weighted by atomic mass is 16.3. The monoisotopic (exact) mass is 293 g/mol. The molecule has 118 valence electrons. The molecule has 0 bridgehead atoms. The molecule has 1 rings (SSSR count). The Morgan fingerprint density at radius 1 is 1.33 bits per heavy atom. The third-order valence-corrected chi connectivity index (χ3v) is 3.42. The first-order valence-corrected chi connectivity index (χ1v) is 7.56. The molecule has 0 radical (unpaired) electrons. The summed E-state index contributed by atoms with van der Waals surface area (Å²) in [7, 11) is 0. The average Bonchev–Trinajstić information content (AvgIpc) is 2.45. The molecule has 0 fully saturated rings. The van der Waals surface area contributed by atoms with E-state index < -0.39 is 0 Å². The Hall–Kier alpha value is -1.59. The lowest BCUT2D eigenvalue weighted by atomic mass is 10.1. The number of carbonyl (C=O) groups excluding carboxylic acids is 1. The Kier molecular flexibility index (Phi) is 7.79. The number of anilines is 2. The summed E-state index contributed by atoms with van der Waals surface area (Å²) >= 11 is 0. The van der Waals surface area contributed by atoms with Crippen LogP contribution in [0.3, 0.4) is 0 Å². The number of nitrogens with zero attached hydrogens (tertiary/aromatic N) is 1. The van der Waals surface area contributed by atoms with Crippen LogP contribution in [0.15, 0.2) is 18.2 Å². The summed E-state index contributed by atoms with van der Waals surface area (Å²) in [5, 5.41) is 12.0. The van der Waals surface area contributed by atoms with Crippen LogP contribution in [0.25, 0.3) is 0 Å². The van der Waals surface area contributed by atoms with E-state index in [-0.39, 0.29) is 12.5 Å². The molecular weight excluding hydrogens is 266 g/mol. The number of nitrogen functional groups attached to an aromatic ring is 1. The number of carbonyl (C=O) groups is 1. The number of aryl methyl sites for hydroxylation is 1. The van der Waals surface area contributed by atoms with Crippen molar-refractivity contribution >= 4 is 17.3 Å². The van der Waals surface area contributed by atoms with Gasteiger partial charge in [0.15, 0.2) is 0 Å². The molecule has 0 spiro atoms. The first-order valence-electron chi connectivity index (χ1n) is 7.56. The number of benzene rings is 1. The van der Waals surface area contributed by atoms with Crippen LogP contribution in [0.4, 0.5) is 11.4 Å². The van der Waals surface area contributed by atoms with E-state index in [1.165, 1.54) is 0 Å². The van der Waals surface area contributed by atoms with Crippen LogP contribution in [-0.4, -0.2) is 42.2 Å². The van der Waals surface area contributed by atoms with Gasteiger partial charge in [0, 0.05) is 30.9 Å². The number of unbranched alkanes of at least 4 members (excludes halogenated alkanes) is 1. The quantitative estimate of drug-likeness (QED) is 0.609. The minimum absolute atomic E-state index is 0.0118. The third kappa shape index (κ3) is 6.60. The second-order valence-electron chi connectivity index (χ2n) is 5.29. The fourth-order valence-electron chi connectivity index (χ4n) is 2.16. The molecule has 0 aliphatic heterocycles. The first kappa shape index (κ1) is 17.5. The number of rotatable bonds is 9. The van der Waals surface area contributed by atoms with Crippen molar-refractivity contribution in [3.8, 4) is 0 Å². The molecule has 0 saturated heterocycles. The lowest BCUT2D eigenvalue weighted by molar-refractivity contribution is -0.116. The van der Waals surface area contributed by atoms with E-state index in [1.807, 2.05) is 19.1 Å². The molecule has 4 N–H and O–H groups in total. The van der Waals surface area contributed by atoms with E-state index in [0.717, 1.165) is 30.6 Å². The Balaban J connectivity index is 2.44. The van der Waals surface area contributed by atoms with Crippen LogP contribution >= 0.6 is 0 Å². The van der Waals surface area contributed by atoms with Crippen LogP contribution in [0, 0.1) is 6.92 Å². The minimum Gasteiger partial charge on any atom is -0.399 e. The lowest BCUT2D eigenvalue weighted by Crippen LogP contribution is -2.31. The zero-order valence-electron chi connectivity index (χ0n) is 13.1. The van der Waals surface area contributed by atoms with E-state index in [2.05, 4.69) is 17.1 Å². The maximum atomic E-state index is 12.0. The zero-order valence-corrected chi connectivity index (χ0v) is 13.1. The van der Waals surface area contributed by atoms with Gasteiger partial charge in [0.05, 0.1) is 6.61 Å². The second-order valence-corrected chi connectivity index (χ2v) is 5.29. The van der Waals surface area contributed by atoms with E-state index in [9.17, 15) is 4.79 Å². The van der Waals surface area contributed by atoms with Gasteiger partial charge >= 0.3 is 0 Å². The Morgan fingerprint density at radius 2 is 2.10 bits per heavy atom. The fourth-order valence-corrected chi connectivity index (χ4v) is 2.16. The largest absolute Gasteiger partial charge is 0.399 e. The molecule has 1 aromatic carbocycles. The van der Waals surface area contributed by atoms with Crippen molar-refractivity contribution in [1.82, 2.24) is 4.90 Å². The number of hydrogen-bond acceptors (Lipinski definition) is 4. The van der Waals surface area contributed by atoms with Gasteiger partial charge < -0.3 is 21.1 Å². The summed E-state index contributed by atoms with van der Waals surface area (Å²) in [5.74, 6) is -0.0118. The van der Waals surface area contributed by atoms with Gasteiger partial charge in [-0.2, -0.15) is 0 Å². The van der Waals surface area contributed by atoms with Gasteiger partial charge in [-0.1, -0.05) is 13.3 Å². The number of nitrogens with two attached hydrogens (primary N) is 1. The average molecular weight is 293 g/mol. The van der Waals surface area contributed by atoms with Crippen LogP contribution in [-0.2, 0) is 4.79 Å². The standard InChI is InChI=1S/C16H27N3O2/c1-3-4-8-19(10-11-20)9-7-16(21)18-15-6-5-14(17)12-13(15)2/h5-6,12,20H,3-4,7-11,17H2,1-2H3,(H,18,21). The van der Waals surface area contributed by atoms with Crippen LogP contribution in [0.1, 0.15) is 31.7 Å². The second kappa shape index (κ2) is 9.37. The van der Waals surface area contributed by atoms with Gasteiger partial charge in [0.1, 0.15) is 0 Å². The number of aliphatic hydroxyl groups excluding tert-OH is 1. The van der Waals surface area contributed by atoms with E-state index in [4.69, 9.17) is 10.8 Å². The van der Waals surface area contributed by atoms with Crippen LogP contribution < -0.4 is 11.1 Å². The van der Waals surface area contributed by atoms with Crippen molar-refractivity contribution < 1.29 is 9.90 Å². The van der Waals surface area contributed by atoms with Gasteiger partial charge in [-0.05, 0) is 43.7 Å². The van der Waals surface area contributed by atoms with Gasteiger partial charge in [0.2, 0.25) is 5.91 Å². The molecule has 0 aliphatic rings. The molecule has 5 nitrogen and oxygen atoms in total. The highest BCUT2D eigenvalue weighted by molar-refractivity contribution is 5.91. The number of amides is 1. The Morgan fingerprint density at radius 3 is 2.71 bits per heavy atom. The van der Waals surface area contributed by atoms with Gasteiger partial charge in [-0.25, -0.2) is 0 Å². The van der Waals surface area contributed by atoms with E-state index in [0.29, 0.717) is 25.2 Å². The summed E-state index contributed by atoms with van der Waals surface area (Å²) in [6.45, 7) is 6.39. The molecule has 0 atom stereocenters. The van der Waals surface area contributed by atoms with Crippen molar-refractivity contribution in [2.45, 2.75) is 33.1 Å². The molecule has 0 aromatic heterocycles. The minimum atomic E-state index is -0.0118. The molecule has 0 unspecified atom stereocenters. The normalized spacial score (nSPS) is 10.9. The highest BCUT2D eigenvalue weighted by Crippen LogP contribution is 2.17. The SMILES string of the molecule is CCCCN(CCO)CCC(=O)Nc1ccc(N)cc1C. The first-order chi connectivity index (χ1) is 10.1. The van der Waals surface area contributed by atoms with Gasteiger partial charge in [-0.3, -0.25) is 4.79 Å². The predicted octanol–water partition coefficient (Wildman–Crippen LogP) is 2.00. The summed E-state index contributed by atoms with van der Waals surface area (Å²) in [4.78, 5) is 14.1. The molecular formula is C16H27N3O2.